The molecule has 0 saturated carbocycles. The van der Waals surface area contributed by atoms with Gasteiger partial charge in [0.1, 0.15) is 0 Å². The van der Waals surface area contributed by atoms with E-state index in [1.54, 1.807) is 0 Å². The maximum absolute atomic E-state index is 11.0. The normalized spacial score (nSPS) is 10.4. The van der Waals surface area contributed by atoms with Crippen molar-refractivity contribution in [3.8, 4) is 0 Å². The average Bonchev–Trinajstić information content (AvgIpc) is 2.43. The van der Waals surface area contributed by atoms with Crippen molar-refractivity contribution in [1.82, 2.24) is 0 Å². The van der Waals surface area contributed by atoms with Gasteiger partial charge < -0.3 is 39.6 Å². The molecule has 0 saturated heterocycles. The standard InChI is InChI=1S/C14H8O8/c15-11(16)5-1-2-6(12(17)18)8-4-10(14(21)22)9(13(19)20)3-7(5)8/h1-4H,(H,15,16)(H,17,18)(H,19,20)(H,21,22)/p-4. The Bertz CT molecular complexity index is 779. The maximum atomic E-state index is 11.0. The van der Waals surface area contributed by atoms with Gasteiger partial charge in [0.2, 0.25) is 0 Å². The SMILES string of the molecule is O=C([O-])c1cc2c(C(=O)[O-])ccc(C(=O)[O-])c2cc1C(=O)[O-]. The summed E-state index contributed by atoms with van der Waals surface area (Å²) < 4.78 is 0. The summed E-state index contributed by atoms with van der Waals surface area (Å²) in [4.78, 5) is 44.0. The molecule has 0 aliphatic heterocycles. The number of fused-ring (bicyclic) bond motifs is 1. The third-order valence-corrected chi connectivity index (χ3v) is 3.03. The van der Waals surface area contributed by atoms with Crippen LogP contribution in [0.25, 0.3) is 10.8 Å². The van der Waals surface area contributed by atoms with E-state index in [2.05, 4.69) is 0 Å². The van der Waals surface area contributed by atoms with Crippen LogP contribution in [0.3, 0.4) is 0 Å². The lowest BCUT2D eigenvalue weighted by Gasteiger charge is -2.18. The van der Waals surface area contributed by atoms with E-state index in [1.807, 2.05) is 0 Å². The molecule has 0 spiro atoms. The van der Waals surface area contributed by atoms with Crippen LogP contribution < -0.4 is 20.4 Å². The monoisotopic (exact) mass is 300 g/mol. The second-order valence-electron chi connectivity index (χ2n) is 4.25. The molecule has 2 rings (SSSR count). The molecule has 8 heteroatoms. The topological polar surface area (TPSA) is 161 Å². The molecule has 0 bridgehead atoms. The number of carboxylic acid groups (broad SMARTS) is 4. The molecule has 0 N–H and O–H groups in total. The van der Waals surface area contributed by atoms with Gasteiger partial charge in [-0.25, -0.2) is 0 Å². The summed E-state index contributed by atoms with van der Waals surface area (Å²) in [6.07, 6.45) is 0. The van der Waals surface area contributed by atoms with Crippen LogP contribution in [0.4, 0.5) is 0 Å². The van der Waals surface area contributed by atoms with Gasteiger partial charge in [-0.3, -0.25) is 0 Å². The molecule has 0 atom stereocenters. The minimum Gasteiger partial charge on any atom is -0.545 e. The lowest BCUT2D eigenvalue weighted by molar-refractivity contribution is -0.259. The van der Waals surface area contributed by atoms with E-state index < -0.39 is 46.1 Å². The molecule has 8 nitrogen and oxygen atoms in total. The van der Waals surface area contributed by atoms with Crippen LogP contribution >= 0.6 is 0 Å². The highest BCUT2D eigenvalue weighted by Gasteiger charge is 2.13. The summed E-state index contributed by atoms with van der Waals surface area (Å²) in [5, 5.41) is 43.4. The van der Waals surface area contributed by atoms with Gasteiger partial charge in [-0.05, 0) is 22.9 Å². The number of aromatic carboxylic acids is 4. The second kappa shape index (κ2) is 5.17. The number of hydrogen-bond acceptors (Lipinski definition) is 8. The van der Waals surface area contributed by atoms with Gasteiger partial charge in [0.05, 0.1) is 23.9 Å². The Morgan fingerprint density at radius 2 is 0.818 bits per heavy atom. The van der Waals surface area contributed by atoms with Gasteiger partial charge in [-0.1, -0.05) is 12.1 Å². The van der Waals surface area contributed by atoms with Crippen LogP contribution in [0.5, 0.6) is 0 Å². The molecule has 0 fully saturated rings. The van der Waals surface area contributed by atoms with Crippen molar-refractivity contribution < 1.29 is 39.6 Å². The molecule has 0 heterocycles. The van der Waals surface area contributed by atoms with Crippen molar-refractivity contribution in [2.24, 2.45) is 0 Å². The van der Waals surface area contributed by atoms with Gasteiger partial charge in [0.15, 0.2) is 0 Å². The largest absolute Gasteiger partial charge is 0.545 e. The van der Waals surface area contributed by atoms with Crippen LogP contribution in [-0.2, 0) is 0 Å². The first-order valence-electron chi connectivity index (χ1n) is 5.70. The molecular weight excluding hydrogens is 296 g/mol. The van der Waals surface area contributed by atoms with Gasteiger partial charge >= 0.3 is 0 Å². The molecule has 0 aliphatic carbocycles. The first kappa shape index (κ1) is 15.0. The van der Waals surface area contributed by atoms with Crippen molar-refractivity contribution in [1.29, 1.82) is 0 Å². The Labute approximate surface area is 121 Å². The number of benzene rings is 2. The molecule has 112 valence electrons. The summed E-state index contributed by atoms with van der Waals surface area (Å²) in [6.45, 7) is 0. The fraction of sp³-hybridized carbons (Fsp3) is 0. The Kier molecular flexibility index (Phi) is 3.52. The van der Waals surface area contributed by atoms with Gasteiger partial charge in [0.25, 0.3) is 0 Å². The molecular formula is C14H4O8-4. The highest BCUT2D eigenvalue weighted by Crippen LogP contribution is 2.26. The minimum absolute atomic E-state index is 0.328. The summed E-state index contributed by atoms with van der Waals surface area (Å²) in [5.74, 6) is -7.16. The number of carbonyl (C=O) groups excluding carboxylic acids is 4. The van der Waals surface area contributed by atoms with Crippen LogP contribution in [-0.4, -0.2) is 23.9 Å². The van der Waals surface area contributed by atoms with E-state index in [9.17, 15) is 39.6 Å². The van der Waals surface area contributed by atoms with Gasteiger partial charge in [-0.15, -0.1) is 0 Å². The third kappa shape index (κ3) is 2.33. The Morgan fingerprint density at radius 3 is 1.05 bits per heavy atom. The van der Waals surface area contributed by atoms with Gasteiger partial charge in [-0.2, -0.15) is 0 Å². The van der Waals surface area contributed by atoms with Crippen molar-refractivity contribution in [2.75, 3.05) is 0 Å². The minimum atomic E-state index is -1.88. The fourth-order valence-corrected chi connectivity index (χ4v) is 2.09. The molecule has 0 amide bonds. The Morgan fingerprint density at radius 1 is 0.545 bits per heavy atom. The average molecular weight is 300 g/mol. The van der Waals surface area contributed by atoms with Crippen LogP contribution in [0.2, 0.25) is 0 Å². The van der Waals surface area contributed by atoms with E-state index >= 15 is 0 Å². The quantitative estimate of drug-likeness (QED) is 0.557. The first-order chi connectivity index (χ1) is 10.2. The molecule has 2 aromatic carbocycles. The molecule has 0 radical (unpaired) electrons. The number of carboxylic acids is 4. The van der Waals surface area contributed by atoms with Crippen molar-refractivity contribution >= 4 is 34.6 Å². The first-order valence-corrected chi connectivity index (χ1v) is 5.70. The lowest BCUT2D eigenvalue weighted by Crippen LogP contribution is -2.31. The van der Waals surface area contributed by atoms with E-state index in [4.69, 9.17) is 0 Å². The van der Waals surface area contributed by atoms with Crippen LogP contribution in [0.15, 0.2) is 24.3 Å². The fourth-order valence-electron chi connectivity index (χ4n) is 2.09. The smallest absolute Gasteiger partial charge is 0.0722 e. The number of rotatable bonds is 4. The predicted octanol–water partition coefficient (Wildman–Crippen LogP) is -3.71. The Hall–Kier alpha value is -3.42. The zero-order valence-corrected chi connectivity index (χ0v) is 10.6. The molecule has 2 aromatic rings. The van der Waals surface area contributed by atoms with E-state index in [-0.39, 0.29) is 10.8 Å². The zero-order valence-electron chi connectivity index (χ0n) is 10.6. The molecule has 0 aromatic heterocycles. The molecule has 0 aliphatic rings. The van der Waals surface area contributed by atoms with Crippen molar-refractivity contribution in [2.45, 2.75) is 0 Å². The van der Waals surface area contributed by atoms with Crippen LogP contribution in [0, 0.1) is 0 Å². The van der Waals surface area contributed by atoms with Crippen molar-refractivity contribution in [3.05, 3.63) is 46.5 Å². The van der Waals surface area contributed by atoms with Crippen LogP contribution in [0.1, 0.15) is 41.4 Å². The number of carbonyl (C=O) groups is 4. The van der Waals surface area contributed by atoms with E-state index in [1.165, 1.54) is 0 Å². The highest BCUT2D eigenvalue weighted by atomic mass is 16.4. The predicted molar refractivity (Wildman–Crippen MR) is 61.3 cm³/mol. The third-order valence-electron chi connectivity index (χ3n) is 3.03. The van der Waals surface area contributed by atoms with Gasteiger partial charge in [0, 0.05) is 22.3 Å². The highest BCUT2D eigenvalue weighted by molar-refractivity contribution is 6.14. The summed E-state index contributed by atoms with van der Waals surface area (Å²) in [7, 11) is 0. The summed E-state index contributed by atoms with van der Waals surface area (Å²) >= 11 is 0. The maximum Gasteiger partial charge on any atom is 0.0722 e. The van der Waals surface area contributed by atoms with E-state index in [0.29, 0.717) is 12.1 Å². The van der Waals surface area contributed by atoms with Crippen molar-refractivity contribution in [3.63, 3.8) is 0 Å². The zero-order chi connectivity index (χ0) is 16.6. The summed E-state index contributed by atoms with van der Waals surface area (Å²) in [6, 6.07) is 3.15. The Balaban J connectivity index is 3.03. The molecule has 0 unspecified atom stereocenters. The second-order valence-corrected chi connectivity index (χ2v) is 4.25. The summed E-state index contributed by atoms with van der Waals surface area (Å²) in [5.41, 5.74) is -2.70. The van der Waals surface area contributed by atoms with E-state index in [0.717, 1.165) is 12.1 Å². The lowest BCUT2D eigenvalue weighted by atomic mass is 9.94. The molecule has 22 heavy (non-hydrogen) atoms. The number of hydrogen-bond donors (Lipinski definition) is 0.